The van der Waals surface area contributed by atoms with Crippen LogP contribution in [0, 0.1) is 5.92 Å². The third-order valence-corrected chi connectivity index (χ3v) is 3.32. The van der Waals surface area contributed by atoms with Crippen molar-refractivity contribution in [3.05, 3.63) is 12.2 Å². The van der Waals surface area contributed by atoms with Crippen LogP contribution < -0.4 is 5.32 Å². The van der Waals surface area contributed by atoms with Crippen LogP contribution in [0.3, 0.4) is 0 Å². The molecule has 0 aromatic heterocycles. The molecule has 4 heteroatoms. The van der Waals surface area contributed by atoms with E-state index in [1.165, 1.54) is 0 Å². The lowest BCUT2D eigenvalue weighted by Gasteiger charge is -2.30. The molecule has 102 valence electrons. The molecular formula is C14H24N2O2. The maximum absolute atomic E-state index is 11.8. The van der Waals surface area contributed by atoms with Gasteiger partial charge in [-0.25, -0.2) is 0 Å². The van der Waals surface area contributed by atoms with Crippen molar-refractivity contribution in [3.8, 4) is 0 Å². The number of carbonyl (C=O) groups excluding carboxylic acids is 2. The molecule has 2 amide bonds. The highest BCUT2D eigenvalue weighted by Gasteiger charge is 2.25. The Morgan fingerprint density at radius 1 is 1.33 bits per heavy atom. The van der Waals surface area contributed by atoms with Gasteiger partial charge in [0.2, 0.25) is 11.8 Å². The Bertz CT molecular complexity index is 305. The van der Waals surface area contributed by atoms with E-state index in [2.05, 4.69) is 12.2 Å². The van der Waals surface area contributed by atoms with E-state index in [4.69, 9.17) is 0 Å². The molecule has 1 rings (SSSR count). The molecule has 1 aliphatic rings. The van der Waals surface area contributed by atoms with E-state index in [1.54, 1.807) is 12.2 Å². The number of hydrogen-bond acceptors (Lipinski definition) is 2. The third kappa shape index (κ3) is 4.51. The molecule has 0 aliphatic carbocycles. The van der Waals surface area contributed by atoms with Crippen LogP contribution in [0.2, 0.25) is 0 Å². The van der Waals surface area contributed by atoms with E-state index in [-0.39, 0.29) is 17.7 Å². The molecule has 1 aliphatic heterocycles. The van der Waals surface area contributed by atoms with Gasteiger partial charge in [0, 0.05) is 25.6 Å². The zero-order valence-corrected chi connectivity index (χ0v) is 11.4. The molecule has 1 saturated heterocycles. The maximum Gasteiger partial charge on any atom is 0.246 e. The highest BCUT2D eigenvalue weighted by Crippen LogP contribution is 2.17. The summed E-state index contributed by atoms with van der Waals surface area (Å²) in [5, 5.41) is 2.97. The number of nitrogens with one attached hydrogen (secondary N) is 1. The van der Waals surface area contributed by atoms with E-state index >= 15 is 0 Å². The molecule has 0 saturated carbocycles. The smallest absolute Gasteiger partial charge is 0.246 e. The zero-order chi connectivity index (χ0) is 13.4. The van der Waals surface area contributed by atoms with E-state index in [1.807, 2.05) is 11.8 Å². The van der Waals surface area contributed by atoms with Gasteiger partial charge in [-0.15, -0.1) is 0 Å². The van der Waals surface area contributed by atoms with Crippen LogP contribution in [-0.4, -0.2) is 36.3 Å². The SMILES string of the molecule is C/C=C/C(=O)N1CCC(C(=O)NCCCC)CC1. The molecule has 0 spiro atoms. The van der Waals surface area contributed by atoms with Gasteiger partial charge in [-0.3, -0.25) is 9.59 Å². The molecule has 0 unspecified atom stereocenters. The normalized spacial score (nSPS) is 17.1. The predicted molar refractivity (Wildman–Crippen MR) is 72.0 cm³/mol. The summed E-state index contributed by atoms with van der Waals surface area (Å²) in [6.07, 6.45) is 7.02. The summed E-state index contributed by atoms with van der Waals surface area (Å²) in [5.41, 5.74) is 0. The van der Waals surface area contributed by atoms with Crippen LogP contribution in [0.15, 0.2) is 12.2 Å². The first-order valence-corrected chi connectivity index (χ1v) is 6.88. The van der Waals surface area contributed by atoms with E-state index in [0.29, 0.717) is 13.1 Å². The first kappa shape index (κ1) is 14.7. The minimum absolute atomic E-state index is 0.0577. The van der Waals surface area contributed by atoms with Crippen LogP contribution >= 0.6 is 0 Å². The molecule has 0 atom stereocenters. The standard InChI is InChI=1S/C14H24N2O2/c1-3-5-9-15-14(18)12-7-10-16(11-8-12)13(17)6-4-2/h4,6,12H,3,5,7-11H2,1-2H3,(H,15,18)/b6-4+. The number of carbonyl (C=O) groups is 2. The van der Waals surface area contributed by atoms with Crippen LogP contribution in [0.1, 0.15) is 39.5 Å². The highest BCUT2D eigenvalue weighted by molar-refractivity contribution is 5.87. The molecule has 0 aromatic rings. The van der Waals surface area contributed by atoms with Gasteiger partial charge in [0.15, 0.2) is 0 Å². The molecule has 4 nitrogen and oxygen atoms in total. The van der Waals surface area contributed by atoms with Gasteiger partial charge < -0.3 is 10.2 Å². The summed E-state index contributed by atoms with van der Waals surface area (Å²) in [6.45, 7) is 6.10. The molecule has 0 radical (unpaired) electrons. The molecule has 1 heterocycles. The Morgan fingerprint density at radius 3 is 2.56 bits per heavy atom. The summed E-state index contributed by atoms with van der Waals surface area (Å²) in [5.74, 6) is 0.292. The van der Waals surface area contributed by atoms with Gasteiger partial charge >= 0.3 is 0 Å². The van der Waals surface area contributed by atoms with Gasteiger partial charge in [0.25, 0.3) is 0 Å². The molecule has 0 bridgehead atoms. The Kier molecular flexibility index (Phi) is 6.47. The number of rotatable bonds is 5. The quantitative estimate of drug-likeness (QED) is 0.598. The lowest BCUT2D eigenvalue weighted by atomic mass is 9.96. The van der Waals surface area contributed by atoms with Crippen molar-refractivity contribution in [1.82, 2.24) is 10.2 Å². The Balaban J connectivity index is 2.30. The summed E-state index contributed by atoms with van der Waals surface area (Å²) in [7, 11) is 0. The van der Waals surface area contributed by atoms with E-state index in [0.717, 1.165) is 32.2 Å². The summed E-state index contributed by atoms with van der Waals surface area (Å²) in [4.78, 5) is 25.3. The fraction of sp³-hybridized carbons (Fsp3) is 0.714. The Labute approximate surface area is 109 Å². The number of piperidine rings is 1. The average molecular weight is 252 g/mol. The van der Waals surface area contributed by atoms with Gasteiger partial charge in [0.05, 0.1) is 0 Å². The largest absolute Gasteiger partial charge is 0.356 e. The molecule has 18 heavy (non-hydrogen) atoms. The predicted octanol–water partition coefficient (Wildman–Crippen LogP) is 1.72. The minimum atomic E-state index is 0.0577. The van der Waals surface area contributed by atoms with Crippen molar-refractivity contribution in [1.29, 1.82) is 0 Å². The molecule has 1 N–H and O–H groups in total. The van der Waals surface area contributed by atoms with E-state index in [9.17, 15) is 9.59 Å². The second-order valence-electron chi connectivity index (χ2n) is 4.74. The number of amides is 2. The average Bonchev–Trinajstić information content (AvgIpc) is 2.39. The highest BCUT2D eigenvalue weighted by atomic mass is 16.2. The van der Waals surface area contributed by atoms with Crippen molar-refractivity contribution < 1.29 is 9.59 Å². The number of allylic oxidation sites excluding steroid dienone is 1. The van der Waals surface area contributed by atoms with Crippen LogP contribution in [-0.2, 0) is 9.59 Å². The number of likely N-dealkylation sites (tertiary alicyclic amines) is 1. The summed E-state index contributed by atoms with van der Waals surface area (Å²) >= 11 is 0. The number of hydrogen-bond donors (Lipinski definition) is 1. The van der Waals surface area contributed by atoms with Gasteiger partial charge in [-0.1, -0.05) is 19.4 Å². The van der Waals surface area contributed by atoms with Crippen molar-refractivity contribution in [3.63, 3.8) is 0 Å². The Morgan fingerprint density at radius 2 is 2.00 bits per heavy atom. The third-order valence-electron chi connectivity index (χ3n) is 3.32. The molecule has 1 fully saturated rings. The second-order valence-corrected chi connectivity index (χ2v) is 4.74. The fourth-order valence-electron chi connectivity index (χ4n) is 2.14. The van der Waals surface area contributed by atoms with Crippen molar-refractivity contribution >= 4 is 11.8 Å². The monoisotopic (exact) mass is 252 g/mol. The fourth-order valence-corrected chi connectivity index (χ4v) is 2.14. The Hall–Kier alpha value is -1.32. The maximum atomic E-state index is 11.8. The van der Waals surface area contributed by atoms with Gasteiger partial charge in [-0.05, 0) is 32.3 Å². The minimum Gasteiger partial charge on any atom is -0.356 e. The molecule has 0 aromatic carbocycles. The van der Waals surface area contributed by atoms with Crippen molar-refractivity contribution in [2.24, 2.45) is 5.92 Å². The zero-order valence-electron chi connectivity index (χ0n) is 11.4. The van der Waals surface area contributed by atoms with Crippen LogP contribution in [0.25, 0.3) is 0 Å². The van der Waals surface area contributed by atoms with Crippen molar-refractivity contribution in [2.45, 2.75) is 39.5 Å². The van der Waals surface area contributed by atoms with Crippen LogP contribution in [0.5, 0.6) is 0 Å². The van der Waals surface area contributed by atoms with Gasteiger partial charge in [0.1, 0.15) is 0 Å². The van der Waals surface area contributed by atoms with E-state index < -0.39 is 0 Å². The number of nitrogens with zero attached hydrogens (tertiary/aromatic N) is 1. The lowest BCUT2D eigenvalue weighted by Crippen LogP contribution is -2.42. The first-order chi connectivity index (χ1) is 8.69. The second kappa shape index (κ2) is 7.90. The number of unbranched alkanes of at least 4 members (excludes halogenated alkanes) is 1. The first-order valence-electron chi connectivity index (χ1n) is 6.88. The summed E-state index contributed by atoms with van der Waals surface area (Å²) < 4.78 is 0. The topological polar surface area (TPSA) is 49.4 Å². The van der Waals surface area contributed by atoms with Crippen LogP contribution in [0.4, 0.5) is 0 Å². The van der Waals surface area contributed by atoms with Crippen molar-refractivity contribution in [2.75, 3.05) is 19.6 Å². The molecular weight excluding hydrogens is 228 g/mol. The summed E-state index contributed by atoms with van der Waals surface area (Å²) in [6, 6.07) is 0. The van der Waals surface area contributed by atoms with Gasteiger partial charge in [-0.2, -0.15) is 0 Å². The lowest BCUT2D eigenvalue weighted by molar-refractivity contribution is -0.132.